The van der Waals surface area contributed by atoms with Crippen LogP contribution < -0.4 is 5.32 Å². The highest BCUT2D eigenvalue weighted by atomic mass is 16.3. The summed E-state index contributed by atoms with van der Waals surface area (Å²) in [5.41, 5.74) is 3.24. The third-order valence-corrected chi connectivity index (χ3v) is 3.30. The third kappa shape index (κ3) is 3.05. The molecule has 1 unspecified atom stereocenters. The molecule has 2 rings (SSSR count). The molecule has 0 saturated carbocycles. The molecule has 1 aromatic carbocycles. The number of hydrogen-bond acceptors (Lipinski definition) is 2. The van der Waals surface area contributed by atoms with Crippen molar-refractivity contribution in [3.8, 4) is 0 Å². The highest BCUT2D eigenvalue weighted by Crippen LogP contribution is 2.16. The lowest BCUT2D eigenvalue weighted by Crippen LogP contribution is -2.26. The number of carbonyl (C=O) groups excluding carboxylic acids is 1. The number of benzene rings is 1. The van der Waals surface area contributed by atoms with E-state index in [4.69, 9.17) is 4.42 Å². The van der Waals surface area contributed by atoms with Gasteiger partial charge in [0.1, 0.15) is 0 Å². The number of furan rings is 1. The fraction of sp³-hybridized carbons (Fsp3) is 0.312. The molecule has 0 bridgehead atoms. The molecule has 0 spiro atoms. The predicted octanol–water partition coefficient (Wildman–Crippen LogP) is 3.64. The molecule has 0 saturated heterocycles. The quantitative estimate of drug-likeness (QED) is 0.908. The molecule has 2 aromatic rings. The van der Waals surface area contributed by atoms with Gasteiger partial charge in [-0.15, -0.1) is 0 Å². The molecule has 1 heterocycles. The summed E-state index contributed by atoms with van der Waals surface area (Å²) < 4.78 is 5.19. The maximum absolute atomic E-state index is 12.0. The molecule has 1 N–H and O–H groups in total. The smallest absolute Gasteiger partial charge is 0.287 e. The zero-order valence-electron chi connectivity index (χ0n) is 11.6. The van der Waals surface area contributed by atoms with Crippen LogP contribution in [0.3, 0.4) is 0 Å². The molecule has 1 aromatic heterocycles. The van der Waals surface area contributed by atoms with Crippen LogP contribution in [-0.4, -0.2) is 5.91 Å². The van der Waals surface area contributed by atoms with E-state index in [9.17, 15) is 4.79 Å². The molecular weight excluding hydrogens is 238 g/mol. The summed E-state index contributed by atoms with van der Waals surface area (Å²) in [5.74, 6) is 0.214. The molecule has 0 aliphatic heterocycles. The zero-order valence-corrected chi connectivity index (χ0v) is 11.6. The van der Waals surface area contributed by atoms with Crippen LogP contribution in [-0.2, 0) is 6.42 Å². The Bertz CT molecular complexity index is 554. The van der Waals surface area contributed by atoms with Gasteiger partial charge in [-0.25, -0.2) is 0 Å². The Balaban J connectivity index is 2.06. The van der Waals surface area contributed by atoms with Crippen LogP contribution in [0.15, 0.2) is 41.0 Å². The monoisotopic (exact) mass is 257 g/mol. The third-order valence-electron chi connectivity index (χ3n) is 3.30. The largest absolute Gasteiger partial charge is 0.459 e. The van der Waals surface area contributed by atoms with Crippen LogP contribution in [0.5, 0.6) is 0 Å². The number of rotatable bonds is 4. The minimum atomic E-state index is -0.172. The van der Waals surface area contributed by atoms with Crippen LogP contribution >= 0.6 is 0 Å². The van der Waals surface area contributed by atoms with Crippen molar-refractivity contribution in [2.24, 2.45) is 0 Å². The molecule has 1 amide bonds. The molecule has 3 nitrogen and oxygen atoms in total. The lowest BCUT2D eigenvalue weighted by Gasteiger charge is -2.14. The predicted molar refractivity (Wildman–Crippen MR) is 75.1 cm³/mol. The van der Waals surface area contributed by atoms with Crippen LogP contribution in [0.25, 0.3) is 0 Å². The van der Waals surface area contributed by atoms with E-state index in [-0.39, 0.29) is 11.9 Å². The molecule has 0 fully saturated rings. The minimum absolute atomic E-state index is 0.0390. The van der Waals surface area contributed by atoms with Crippen molar-refractivity contribution in [3.05, 3.63) is 59.0 Å². The second kappa shape index (κ2) is 5.74. The normalized spacial score (nSPS) is 12.2. The van der Waals surface area contributed by atoms with Crippen molar-refractivity contribution in [3.63, 3.8) is 0 Å². The van der Waals surface area contributed by atoms with Crippen molar-refractivity contribution in [1.29, 1.82) is 0 Å². The summed E-state index contributed by atoms with van der Waals surface area (Å²) in [6, 6.07) is 10.0. The highest BCUT2D eigenvalue weighted by Gasteiger charge is 2.15. The van der Waals surface area contributed by atoms with Gasteiger partial charge in [0.25, 0.3) is 5.91 Å². The Morgan fingerprint density at radius 1 is 1.26 bits per heavy atom. The van der Waals surface area contributed by atoms with Crippen molar-refractivity contribution in [2.75, 3.05) is 0 Å². The maximum Gasteiger partial charge on any atom is 0.287 e. The van der Waals surface area contributed by atoms with E-state index in [1.165, 1.54) is 11.8 Å². The second-order valence-electron chi connectivity index (χ2n) is 4.72. The van der Waals surface area contributed by atoms with E-state index >= 15 is 0 Å². The fourth-order valence-corrected chi connectivity index (χ4v) is 1.99. The topological polar surface area (TPSA) is 42.2 Å². The molecule has 100 valence electrons. The number of hydrogen-bond donors (Lipinski definition) is 1. The van der Waals surface area contributed by atoms with Crippen LogP contribution in [0, 0.1) is 6.92 Å². The second-order valence-corrected chi connectivity index (χ2v) is 4.72. The van der Waals surface area contributed by atoms with Gasteiger partial charge in [0.05, 0.1) is 12.3 Å². The molecule has 3 heteroatoms. The van der Waals surface area contributed by atoms with E-state index in [0.29, 0.717) is 5.76 Å². The van der Waals surface area contributed by atoms with E-state index in [2.05, 4.69) is 36.5 Å². The van der Waals surface area contributed by atoms with Gasteiger partial charge in [-0.2, -0.15) is 0 Å². The SMILES string of the molecule is CCc1ccc(C(C)NC(=O)c2occc2C)cc1. The summed E-state index contributed by atoms with van der Waals surface area (Å²) >= 11 is 0. The standard InChI is InChI=1S/C16H19NO2/c1-4-13-5-7-14(8-6-13)12(3)17-16(18)15-11(2)9-10-19-15/h5-10,12H,4H2,1-3H3,(H,17,18). The summed E-state index contributed by atoms with van der Waals surface area (Å²) in [7, 11) is 0. The Morgan fingerprint density at radius 3 is 2.47 bits per heavy atom. The Hall–Kier alpha value is -2.03. The van der Waals surface area contributed by atoms with Gasteiger partial charge in [0.15, 0.2) is 5.76 Å². The number of carbonyl (C=O) groups is 1. The molecule has 1 atom stereocenters. The summed E-state index contributed by atoms with van der Waals surface area (Å²) in [6.45, 7) is 5.95. The first-order valence-corrected chi connectivity index (χ1v) is 6.55. The minimum Gasteiger partial charge on any atom is -0.459 e. The number of amides is 1. The summed E-state index contributed by atoms with van der Waals surface area (Å²) in [6.07, 6.45) is 2.55. The maximum atomic E-state index is 12.0. The molecule has 0 aliphatic carbocycles. The van der Waals surface area contributed by atoms with Gasteiger partial charge in [0, 0.05) is 5.56 Å². The lowest BCUT2D eigenvalue weighted by molar-refractivity contribution is 0.0911. The first kappa shape index (κ1) is 13.4. The number of nitrogens with one attached hydrogen (secondary N) is 1. The lowest BCUT2D eigenvalue weighted by atomic mass is 10.0. The summed E-state index contributed by atoms with van der Waals surface area (Å²) in [4.78, 5) is 12.0. The first-order valence-electron chi connectivity index (χ1n) is 6.55. The van der Waals surface area contributed by atoms with Gasteiger partial charge >= 0.3 is 0 Å². The first-order chi connectivity index (χ1) is 9.11. The van der Waals surface area contributed by atoms with E-state index in [0.717, 1.165) is 17.5 Å². The Kier molecular flexibility index (Phi) is 4.05. The number of aryl methyl sites for hydroxylation is 2. The zero-order chi connectivity index (χ0) is 13.8. The van der Waals surface area contributed by atoms with Gasteiger partial charge < -0.3 is 9.73 Å². The Morgan fingerprint density at radius 2 is 1.95 bits per heavy atom. The average Bonchev–Trinajstić information content (AvgIpc) is 2.85. The van der Waals surface area contributed by atoms with E-state index in [1.54, 1.807) is 6.07 Å². The van der Waals surface area contributed by atoms with Crippen LogP contribution in [0.4, 0.5) is 0 Å². The van der Waals surface area contributed by atoms with Gasteiger partial charge in [-0.05, 0) is 37.5 Å². The molecule has 19 heavy (non-hydrogen) atoms. The Labute approximate surface area is 113 Å². The molecular formula is C16H19NO2. The molecule has 0 radical (unpaired) electrons. The van der Waals surface area contributed by atoms with Gasteiger partial charge in [-0.1, -0.05) is 31.2 Å². The summed E-state index contributed by atoms with van der Waals surface area (Å²) in [5, 5.41) is 2.94. The average molecular weight is 257 g/mol. The highest BCUT2D eigenvalue weighted by molar-refractivity contribution is 5.93. The van der Waals surface area contributed by atoms with Crippen molar-refractivity contribution < 1.29 is 9.21 Å². The van der Waals surface area contributed by atoms with Crippen molar-refractivity contribution in [2.45, 2.75) is 33.2 Å². The van der Waals surface area contributed by atoms with Gasteiger partial charge in [0.2, 0.25) is 0 Å². The van der Waals surface area contributed by atoms with Crippen molar-refractivity contribution in [1.82, 2.24) is 5.32 Å². The van der Waals surface area contributed by atoms with E-state index in [1.807, 2.05) is 13.8 Å². The fourth-order valence-electron chi connectivity index (χ4n) is 1.99. The molecule has 0 aliphatic rings. The van der Waals surface area contributed by atoms with Crippen LogP contribution in [0.2, 0.25) is 0 Å². The van der Waals surface area contributed by atoms with Gasteiger partial charge in [-0.3, -0.25) is 4.79 Å². The van der Waals surface area contributed by atoms with Crippen molar-refractivity contribution >= 4 is 5.91 Å². The van der Waals surface area contributed by atoms with E-state index < -0.39 is 0 Å². The van der Waals surface area contributed by atoms with Crippen LogP contribution in [0.1, 0.15) is 47.1 Å².